The second-order valence-corrected chi connectivity index (χ2v) is 8.06. The van der Waals surface area contributed by atoms with Crippen molar-refractivity contribution in [2.75, 3.05) is 25.1 Å². The standard InChI is InChI=1S/C24H25N5O3/c1-32-20-8-6-19(7-9-20)29-16-18(14-22(29)30)26-24(31)28-13-12-27-11-3-5-21(27)23(28)17-4-2-10-25-15-17/h2-11,15,18,23H,12-14,16H2,1H3,(H,26,31). The highest BCUT2D eigenvalue weighted by molar-refractivity contribution is 5.96. The Bertz CT molecular complexity index is 1110. The van der Waals surface area contributed by atoms with E-state index in [-0.39, 0.29) is 30.4 Å². The summed E-state index contributed by atoms with van der Waals surface area (Å²) in [4.78, 5) is 33.8. The summed E-state index contributed by atoms with van der Waals surface area (Å²) in [6.45, 7) is 1.75. The lowest BCUT2D eigenvalue weighted by molar-refractivity contribution is -0.117. The number of urea groups is 1. The third kappa shape index (κ3) is 3.68. The number of carbonyl (C=O) groups excluding carboxylic acids is 2. The first kappa shape index (κ1) is 20.1. The van der Waals surface area contributed by atoms with Crippen LogP contribution in [-0.2, 0) is 11.3 Å². The maximum atomic E-state index is 13.3. The molecule has 32 heavy (non-hydrogen) atoms. The van der Waals surface area contributed by atoms with Crippen molar-refractivity contribution in [3.05, 3.63) is 78.4 Å². The third-order valence-electron chi connectivity index (χ3n) is 6.14. The molecule has 2 aliphatic rings. The Kier molecular flexibility index (Phi) is 5.26. The molecule has 2 unspecified atom stereocenters. The number of ether oxygens (including phenoxy) is 1. The van der Waals surface area contributed by atoms with Crippen molar-refractivity contribution in [1.82, 2.24) is 19.8 Å². The number of pyridine rings is 1. The Morgan fingerprint density at radius 2 is 1.97 bits per heavy atom. The molecule has 1 N–H and O–H groups in total. The predicted molar refractivity (Wildman–Crippen MR) is 120 cm³/mol. The van der Waals surface area contributed by atoms with E-state index in [2.05, 4.69) is 14.9 Å². The van der Waals surface area contributed by atoms with Crippen LogP contribution in [0.2, 0.25) is 0 Å². The molecule has 0 bridgehead atoms. The van der Waals surface area contributed by atoms with Gasteiger partial charge in [-0.1, -0.05) is 6.07 Å². The summed E-state index contributed by atoms with van der Waals surface area (Å²) in [7, 11) is 1.61. The normalized spacial score (nSPS) is 20.2. The minimum Gasteiger partial charge on any atom is -0.497 e. The molecule has 0 spiro atoms. The van der Waals surface area contributed by atoms with Gasteiger partial charge in [-0.05, 0) is 48.0 Å². The van der Waals surface area contributed by atoms with Gasteiger partial charge in [0.1, 0.15) is 11.8 Å². The van der Waals surface area contributed by atoms with E-state index < -0.39 is 0 Å². The van der Waals surface area contributed by atoms with Crippen molar-refractivity contribution in [3.63, 3.8) is 0 Å². The summed E-state index contributed by atoms with van der Waals surface area (Å²) >= 11 is 0. The molecule has 0 saturated carbocycles. The molecular weight excluding hydrogens is 406 g/mol. The molecule has 5 rings (SSSR count). The molecule has 2 aliphatic heterocycles. The molecule has 0 aliphatic carbocycles. The van der Waals surface area contributed by atoms with Crippen molar-refractivity contribution in [2.24, 2.45) is 0 Å². The maximum absolute atomic E-state index is 13.3. The lowest BCUT2D eigenvalue weighted by Gasteiger charge is -2.37. The van der Waals surface area contributed by atoms with E-state index in [0.29, 0.717) is 13.1 Å². The van der Waals surface area contributed by atoms with Gasteiger partial charge in [-0.2, -0.15) is 0 Å². The highest BCUT2D eigenvalue weighted by Gasteiger charge is 2.36. The van der Waals surface area contributed by atoms with Crippen molar-refractivity contribution < 1.29 is 14.3 Å². The number of methoxy groups -OCH3 is 1. The first-order valence-corrected chi connectivity index (χ1v) is 10.7. The molecule has 3 amide bonds. The van der Waals surface area contributed by atoms with Crippen LogP contribution in [0.25, 0.3) is 0 Å². The highest BCUT2D eigenvalue weighted by Crippen LogP contribution is 2.32. The Labute approximate surface area is 186 Å². The second-order valence-electron chi connectivity index (χ2n) is 8.06. The molecule has 4 heterocycles. The molecule has 3 aromatic rings. The molecular formula is C24H25N5O3. The number of benzene rings is 1. The Morgan fingerprint density at radius 3 is 2.72 bits per heavy atom. The fourth-order valence-corrected chi connectivity index (χ4v) is 4.56. The van der Waals surface area contributed by atoms with Gasteiger partial charge < -0.3 is 24.4 Å². The minimum atomic E-state index is -0.250. The van der Waals surface area contributed by atoms with E-state index in [1.54, 1.807) is 24.4 Å². The zero-order valence-electron chi connectivity index (χ0n) is 17.8. The van der Waals surface area contributed by atoms with Crippen LogP contribution in [0.1, 0.15) is 23.7 Å². The van der Waals surface area contributed by atoms with Crippen LogP contribution < -0.4 is 15.0 Å². The number of rotatable bonds is 4. The number of aromatic nitrogens is 2. The monoisotopic (exact) mass is 431 g/mol. The number of hydrogen-bond donors (Lipinski definition) is 1. The quantitative estimate of drug-likeness (QED) is 0.689. The summed E-state index contributed by atoms with van der Waals surface area (Å²) in [6.07, 6.45) is 5.85. The van der Waals surface area contributed by atoms with Crippen LogP contribution >= 0.6 is 0 Å². The number of nitrogens with one attached hydrogen (secondary N) is 1. The van der Waals surface area contributed by atoms with E-state index in [4.69, 9.17) is 4.74 Å². The third-order valence-corrected chi connectivity index (χ3v) is 6.14. The van der Waals surface area contributed by atoms with Crippen molar-refractivity contribution in [1.29, 1.82) is 0 Å². The summed E-state index contributed by atoms with van der Waals surface area (Å²) in [5, 5.41) is 3.09. The van der Waals surface area contributed by atoms with Crippen molar-refractivity contribution in [2.45, 2.75) is 25.0 Å². The topological polar surface area (TPSA) is 79.7 Å². The van der Waals surface area contributed by atoms with Crippen LogP contribution in [0.5, 0.6) is 5.75 Å². The number of nitrogens with zero attached hydrogens (tertiary/aromatic N) is 4. The zero-order chi connectivity index (χ0) is 22.1. The SMILES string of the molecule is COc1ccc(N2CC(NC(=O)N3CCn4cccc4C3c3cccnc3)CC2=O)cc1. The van der Waals surface area contributed by atoms with Gasteiger partial charge in [-0.3, -0.25) is 9.78 Å². The van der Waals surface area contributed by atoms with Gasteiger partial charge in [0.2, 0.25) is 5.91 Å². The van der Waals surface area contributed by atoms with E-state index in [1.807, 2.05) is 59.6 Å². The Hall–Kier alpha value is -3.81. The van der Waals surface area contributed by atoms with Gasteiger partial charge in [0.15, 0.2) is 0 Å². The second kappa shape index (κ2) is 8.37. The Balaban J connectivity index is 1.32. The smallest absolute Gasteiger partial charge is 0.318 e. The first-order valence-electron chi connectivity index (χ1n) is 10.7. The molecule has 8 nitrogen and oxygen atoms in total. The van der Waals surface area contributed by atoms with E-state index in [1.165, 1.54) is 0 Å². The summed E-state index contributed by atoms with van der Waals surface area (Å²) < 4.78 is 7.37. The fraction of sp³-hybridized carbons (Fsp3) is 0.292. The lowest BCUT2D eigenvalue weighted by atomic mass is 10.0. The molecule has 1 saturated heterocycles. The van der Waals surface area contributed by atoms with E-state index >= 15 is 0 Å². The average molecular weight is 431 g/mol. The van der Waals surface area contributed by atoms with Gasteiger partial charge in [-0.15, -0.1) is 0 Å². The van der Waals surface area contributed by atoms with Crippen LogP contribution in [0.3, 0.4) is 0 Å². The van der Waals surface area contributed by atoms with Crippen LogP contribution in [0.4, 0.5) is 10.5 Å². The number of fused-ring (bicyclic) bond motifs is 1. The largest absolute Gasteiger partial charge is 0.497 e. The van der Waals surface area contributed by atoms with Gasteiger partial charge in [0, 0.05) is 56.0 Å². The van der Waals surface area contributed by atoms with Crippen LogP contribution in [0.15, 0.2) is 67.1 Å². The summed E-state index contributed by atoms with van der Waals surface area (Å²) in [6, 6.07) is 14.7. The predicted octanol–water partition coefficient (Wildman–Crippen LogP) is 2.81. The molecule has 2 aromatic heterocycles. The molecule has 8 heteroatoms. The first-order chi connectivity index (χ1) is 15.6. The van der Waals surface area contributed by atoms with E-state index in [9.17, 15) is 9.59 Å². The summed E-state index contributed by atoms with van der Waals surface area (Å²) in [5.41, 5.74) is 2.82. The van der Waals surface area contributed by atoms with Crippen LogP contribution in [0, 0.1) is 0 Å². The van der Waals surface area contributed by atoms with Gasteiger partial charge >= 0.3 is 6.03 Å². The molecule has 1 fully saturated rings. The average Bonchev–Trinajstić information content (AvgIpc) is 3.45. The number of anilines is 1. The molecule has 1 aromatic carbocycles. The van der Waals surface area contributed by atoms with Crippen molar-refractivity contribution >= 4 is 17.6 Å². The molecule has 2 atom stereocenters. The number of carbonyl (C=O) groups is 2. The maximum Gasteiger partial charge on any atom is 0.318 e. The van der Waals surface area contributed by atoms with Crippen LogP contribution in [-0.4, -0.2) is 52.6 Å². The minimum absolute atomic E-state index is 0.00297. The number of hydrogen-bond acceptors (Lipinski definition) is 4. The fourth-order valence-electron chi connectivity index (χ4n) is 4.56. The van der Waals surface area contributed by atoms with Gasteiger partial charge in [-0.25, -0.2) is 4.79 Å². The lowest BCUT2D eigenvalue weighted by Crippen LogP contribution is -2.50. The molecule has 164 valence electrons. The van der Waals surface area contributed by atoms with Crippen molar-refractivity contribution in [3.8, 4) is 5.75 Å². The van der Waals surface area contributed by atoms with Gasteiger partial charge in [0.25, 0.3) is 0 Å². The zero-order valence-corrected chi connectivity index (χ0v) is 17.8. The number of amides is 3. The Morgan fingerprint density at radius 1 is 1.12 bits per heavy atom. The summed E-state index contributed by atoms with van der Waals surface area (Å²) in [5.74, 6) is 0.735. The highest BCUT2D eigenvalue weighted by atomic mass is 16.5. The van der Waals surface area contributed by atoms with E-state index in [0.717, 1.165) is 29.2 Å². The molecule has 0 radical (unpaired) electrons. The van der Waals surface area contributed by atoms with Gasteiger partial charge in [0.05, 0.1) is 13.2 Å².